The molecule has 2 heterocycles. The smallest absolute Gasteiger partial charge is 0.223 e. The molecule has 100 valence electrons. The zero-order valence-corrected chi connectivity index (χ0v) is 11.4. The van der Waals surface area contributed by atoms with Gasteiger partial charge in [-0.1, -0.05) is 17.3 Å². The maximum absolute atomic E-state index is 5.00. The predicted octanol–water partition coefficient (Wildman–Crippen LogP) is 1.46. The van der Waals surface area contributed by atoms with E-state index in [4.69, 9.17) is 4.52 Å². The SMILES string of the molecule is C=C(C)CN1CCCN(Cc2noc(C)n2)CC1. The van der Waals surface area contributed by atoms with Gasteiger partial charge in [0.1, 0.15) is 0 Å². The highest BCUT2D eigenvalue weighted by atomic mass is 16.5. The van der Waals surface area contributed by atoms with Crippen LogP contribution in [0.4, 0.5) is 0 Å². The third-order valence-corrected chi connectivity index (χ3v) is 3.11. The van der Waals surface area contributed by atoms with Gasteiger partial charge in [0.2, 0.25) is 5.89 Å². The molecule has 1 aliphatic heterocycles. The van der Waals surface area contributed by atoms with Gasteiger partial charge in [-0.05, 0) is 26.4 Å². The zero-order chi connectivity index (χ0) is 13.0. The molecule has 0 aromatic carbocycles. The van der Waals surface area contributed by atoms with Gasteiger partial charge in [0, 0.05) is 26.6 Å². The van der Waals surface area contributed by atoms with Crippen LogP contribution in [0.1, 0.15) is 25.1 Å². The summed E-state index contributed by atoms with van der Waals surface area (Å²) >= 11 is 0. The van der Waals surface area contributed by atoms with Crippen LogP contribution in [0.15, 0.2) is 16.7 Å². The quantitative estimate of drug-likeness (QED) is 0.757. The monoisotopic (exact) mass is 250 g/mol. The van der Waals surface area contributed by atoms with Crippen LogP contribution in [-0.4, -0.2) is 52.7 Å². The van der Waals surface area contributed by atoms with Crippen molar-refractivity contribution in [2.24, 2.45) is 0 Å². The summed E-state index contributed by atoms with van der Waals surface area (Å²) in [6, 6.07) is 0. The molecule has 1 fully saturated rings. The van der Waals surface area contributed by atoms with E-state index in [0.717, 1.165) is 45.1 Å². The highest BCUT2D eigenvalue weighted by molar-refractivity contribution is 4.92. The van der Waals surface area contributed by atoms with Crippen LogP contribution in [0, 0.1) is 6.92 Å². The maximum Gasteiger partial charge on any atom is 0.223 e. The molecule has 0 N–H and O–H groups in total. The van der Waals surface area contributed by atoms with Crippen molar-refractivity contribution in [3.8, 4) is 0 Å². The zero-order valence-electron chi connectivity index (χ0n) is 11.4. The van der Waals surface area contributed by atoms with Crippen molar-refractivity contribution in [1.29, 1.82) is 0 Å². The van der Waals surface area contributed by atoms with Crippen molar-refractivity contribution in [1.82, 2.24) is 19.9 Å². The Balaban J connectivity index is 1.83. The number of aryl methyl sites for hydroxylation is 1. The normalized spacial score (nSPS) is 18.8. The molecule has 2 rings (SSSR count). The Morgan fingerprint density at radius 2 is 2.00 bits per heavy atom. The van der Waals surface area contributed by atoms with Gasteiger partial charge in [0.05, 0.1) is 6.54 Å². The van der Waals surface area contributed by atoms with E-state index in [1.54, 1.807) is 0 Å². The first-order valence-electron chi connectivity index (χ1n) is 6.52. The van der Waals surface area contributed by atoms with Crippen molar-refractivity contribution < 1.29 is 4.52 Å². The average Bonchev–Trinajstić information content (AvgIpc) is 2.57. The van der Waals surface area contributed by atoms with Gasteiger partial charge in [-0.25, -0.2) is 0 Å². The summed E-state index contributed by atoms with van der Waals surface area (Å²) < 4.78 is 5.00. The Labute approximate surface area is 108 Å². The van der Waals surface area contributed by atoms with Crippen molar-refractivity contribution in [3.63, 3.8) is 0 Å². The molecule has 5 nitrogen and oxygen atoms in total. The Kier molecular flexibility index (Phi) is 4.49. The molecule has 18 heavy (non-hydrogen) atoms. The van der Waals surface area contributed by atoms with Crippen LogP contribution in [0.2, 0.25) is 0 Å². The molecule has 1 aromatic rings. The molecule has 0 saturated carbocycles. The minimum atomic E-state index is 0.642. The number of aromatic nitrogens is 2. The first-order valence-corrected chi connectivity index (χ1v) is 6.52. The number of rotatable bonds is 4. The fraction of sp³-hybridized carbons (Fsp3) is 0.692. The van der Waals surface area contributed by atoms with Crippen LogP contribution in [0.25, 0.3) is 0 Å². The van der Waals surface area contributed by atoms with Crippen LogP contribution in [0.5, 0.6) is 0 Å². The van der Waals surface area contributed by atoms with E-state index in [9.17, 15) is 0 Å². The second-order valence-electron chi connectivity index (χ2n) is 5.09. The summed E-state index contributed by atoms with van der Waals surface area (Å²) in [6.45, 7) is 14.1. The Hall–Kier alpha value is -1.20. The molecule has 0 unspecified atom stereocenters. The number of nitrogens with zero attached hydrogens (tertiary/aromatic N) is 4. The molecule has 0 bridgehead atoms. The van der Waals surface area contributed by atoms with E-state index in [2.05, 4.69) is 33.4 Å². The van der Waals surface area contributed by atoms with Gasteiger partial charge in [-0.15, -0.1) is 0 Å². The van der Waals surface area contributed by atoms with E-state index in [1.165, 1.54) is 12.0 Å². The molecule has 0 amide bonds. The highest BCUT2D eigenvalue weighted by Gasteiger charge is 2.16. The Morgan fingerprint density at radius 3 is 2.67 bits per heavy atom. The summed E-state index contributed by atoms with van der Waals surface area (Å²) in [4.78, 5) is 9.11. The second-order valence-corrected chi connectivity index (χ2v) is 5.09. The lowest BCUT2D eigenvalue weighted by molar-refractivity contribution is 0.251. The minimum Gasteiger partial charge on any atom is -0.340 e. The van der Waals surface area contributed by atoms with E-state index >= 15 is 0 Å². The van der Waals surface area contributed by atoms with Crippen LogP contribution < -0.4 is 0 Å². The summed E-state index contributed by atoms with van der Waals surface area (Å²) in [5.74, 6) is 1.43. The summed E-state index contributed by atoms with van der Waals surface area (Å²) in [5, 5.41) is 3.95. The lowest BCUT2D eigenvalue weighted by Gasteiger charge is -2.20. The van der Waals surface area contributed by atoms with Gasteiger partial charge in [-0.2, -0.15) is 4.98 Å². The molecule has 0 atom stereocenters. The van der Waals surface area contributed by atoms with Crippen molar-refractivity contribution in [3.05, 3.63) is 23.9 Å². The number of hydrogen-bond acceptors (Lipinski definition) is 5. The fourth-order valence-electron chi connectivity index (χ4n) is 2.33. The van der Waals surface area contributed by atoms with Crippen LogP contribution in [0.3, 0.4) is 0 Å². The van der Waals surface area contributed by atoms with Crippen LogP contribution >= 0.6 is 0 Å². The first-order chi connectivity index (χ1) is 8.63. The largest absolute Gasteiger partial charge is 0.340 e. The molecular weight excluding hydrogens is 228 g/mol. The molecule has 5 heteroatoms. The van der Waals surface area contributed by atoms with E-state index < -0.39 is 0 Å². The van der Waals surface area contributed by atoms with Gasteiger partial charge < -0.3 is 4.52 Å². The van der Waals surface area contributed by atoms with E-state index in [0.29, 0.717) is 5.89 Å². The first kappa shape index (κ1) is 13.2. The number of hydrogen-bond donors (Lipinski definition) is 0. The van der Waals surface area contributed by atoms with E-state index in [1.807, 2.05) is 6.92 Å². The predicted molar refractivity (Wildman–Crippen MR) is 70.2 cm³/mol. The third kappa shape index (κ3) is 3.92. The molecule has 1 aromatic heterocycles. The highest BCUT2D eigenvalue weighted by Crippen LogP contribution is 2.08. The van der Waals surface area contributed by atoms with Crippen molar-refractivity contribution in [2.75, 3.05) is 32.7 Å². The van der Waals surface area contributed by atoms with Crippen molar-refractivity contribution >= 4 is 0 Å². The fourth-order valence-corrected chi connectivity index (χ4v) is 2.33. The Morgan fingerprint density at radius 1 is 1.28 bits per heavy atom. The second kappa shape index (κ2) is 6.11. The summed E-state index contributed by atoms with van der Waals surface area (Å²) in [6.07, 6.45) is 1.18. The summed E-state index contributed by atoms with van der Waals surface area (Å²) in [5.41, 5.74) is 1.23. The average molecular weight is 250 g/mol. The summed E-state index contributed by atoms with van der Waals surface area (Å²) in [7, 11) is 0. The van der Waals surface area contributed by atoms with Gasteiger partial charge in [-0.3, -0.25) is 9.80 Å². The Bertz CT molecular complexity index is 401. The standard InChI is InChI=1S/C13H22N4O/c1-11(2)9-16-5-4-6-17(8-7-16)10-13-14-12(3)18-15-13/h1,4-10H2,2-3H3. The van der Waals surface area contributed by atoms with E-state index in [-0.39, 0.29) is 0 Å². The molecule has 1 aliphatic rings. The minimum absolute atomic E-state index is 0.642. The third-order valence-electron chi connectivity index (χ3n) is 3.11. The molecular formula is C13H22N4O. The van der Waals surface area contributed by atoms with Gasteiger partial charge in [0.15, 0.2) is 5.82 Å². The maximum atomic E-state index is 5.00. The lowest BCUT2D eigenvalue weighted by Crippen LogP contribution is -2.31. The van der Waals surface area contributed by atoms with Gasteiger partial charge >= 0.3 is 0 Å². The topological polar surface area (TPSA) is 45.4 Å². The molecule has 0 radical (unpaired) electrons. The molecule has 1 saturated heterocycles. The van der Waals surface area contributed by atoms with Crippen molar-refractivity contribution in [2.45, 2.75) is 26.8 Å². The van der Waals surface area contributed by atoms with Gasteiger partial charge in [0.25, 0.3) is 0 Å². The molecule has 0 spiro atoms. The lowest BCUT2D eigenvalue weighted by atomic mass is 10.3. The van der Waals surface area contributed by atoms with Crippen LogP contribution in [-0.2, 0) is 6.54 Å². The molecule has 0 aliphatic carbocycles.